The lowest BCUT2D eigenvalue weighted by Gasteiger charge is -2.16. The van der Waals surface area contributed by atoms with Crippen molar-refractivity contribution < 1.29 is 9.53 Å². The Labute approximate surface area is 187 Å². The topological polar surface area (TPSA) is 83.8 Å². The molecular weight excluding hydrogens is 404 g/mol. The van der Waals surface area contributed by atoms with Gasteiger partial charge in [0.15, 0.2) is 5.96 Å². The largest absolute Gasteiger partial charge is 0.497 e. The van der Waals surface area contributed by atoms with Crippen LogP contribution in [0.25, 0.3) is 5.69 Å². The van der Waals surface area contributed by atoms with Gasteiger partial charge in [-0.15, -0.1) is 0 Å². The van der Waals surface area contributed by atoms with Crippen molar-refractivity contribution in [2.24, 2.45) is 4.99 Å². The molecule has 32 heavy (non-hydrogen) atoms. The lowest BCUT2D eigenvalue weighted by atomic mass is 10.2. The van der Waals surface area contributed by atoms with E-state index in [2.05, 4.69) is 20.7 Å². The highest BCUT2D eigenvalue weighted by atomic mass is 16.5. The van der Waals surface area contributed by atoms with Crippen LogP contribution >= 0.6 is 0 Å². The third kappa shape index (κ3) is 5.08. The molecule has 1 aliphatic heterocycles. The average molecular weight is 433 g/mol. The first-order valence-corrected chi connectivity index (χ1v) is 10.7. The molecule has 0 saturated carbocycles. The fraction of sp³-hybridized carbons (Fsp3) is 0.292. The number of guanidine groups is 1. The summed E-state index contributed by atoms with van der Waals surface area (Å²) in [6.07, 6.45) is 3.51. The molecule has 166 valence electrons. The van der Waals surface area contributed by atoms with Crippen molar-refractivity contribution >= 4 is 17.6 Å². The predicted molar refractivity (Wildman–Crippen MR) is 125 cm³/mol. The zero-order chi connectivity index (χ0) is 22.3. The van der Waals surface area contributed by atoms with Crippen molar-refractivity contribution in [3.05, 3.63) is 72.1 Å². The third-order valence-electron chi connectivity index (χ3n) is 5.42. The quantitative estimate of drug-likeness (QED) is 0.443. The summed E-state index contributed by atoms with van der Waals surface area (Å²) < 4.78 is 7.03. The highest BCUT2D eigenvalue weighted by molar-refractivity contribution is 5.95. The fourth-order valence-electron chi connectivity index (χ4n) is 3.63. The number of carbonyl (C=O) groups excluding carboxylic acids is 1. The molecule has 8 nitrogen and oxygen atoms in total. The van der Waals surface area contributed by atoms with Crippen molar-refractivity contribution in [1.82, 2.24) is 20.4 Å². The minimum Gasteiger partial charge on any atom is -0.497 e. The Morgan fingerprint density at radius 3 is 2.41 bits per heavy atom. The standard InChI is InChI=1S/C24H28N6O2/c1-25-24(26-16-18-5-7-20(8-6-18)29-14-3-4-23(29)31)27-17-19-13-15-30(28-19)21-9-11-22(32-2)12-10-21/h5-13,15H,3-4,14,16-17H2,1-2H3,(H2,25,26,27). The minimum absolute atomic E-state index is 0.204. The van der Waals surface area contributed by atoms with Gasteiger partial charge in [0.1, 0.15) is 5.75 Å². The second-order valence-electron chi connectivity index (χ2n) is 7.54. The number of aliphatic imine (C=N–C) groups is 1. The molecule has 1 aliphatic rings. The third-order valence-corrected chi connectivity index (χ3v) is 5.42. The van der Waals surface area contributed by atoms with Crippen LogP contribution in [0.4, 0.5) is 5.69 Å². The normalized spacial score (nSPS) is 14.0. The molecule has 4 rings (SSSR count). The smallest absolute Gasteiger partial charge is 0.227 e. The molecule has 0 aliphatic carbocycles. The maximum Gasteiger partial charge on any atom is 0.227 e. The van der Waals surface area contributed by atoms with E-state index in [0.29, 0.717) is 25.5 Å². The number of rotatable bonds is 7. The number of hydrogen-bond acceptors (Lipinski definition) is 4. The zero-order valence-electron chi connectivity index (χ0n) is 18.4. The first-order valence-electron chi connectivity index (χ1n) is 10.7. The van der Waals surface area contributed by atoms with Crippen molar-refractivity contribution in [1.29, 1.82) is 0 Å². The van der Waals surface area contributed by atoms with Gasteiger partial charge in [0.05, 0.1) is 25.0 Å². The van der Waals surface area contributed by atoms with E-state index in [9.17, 15) is 4.79 Å². The average Bonchev–Trinajstić information content (AvgIpc) is 3.49. The van der Waals surface area contributed by atoms with Crippen molar-refractivity contribution in [3.63, 3.8) is 0 Å². The lowest BCUT2D eigenvalue weighted by Crippen LogP contribution is -2.36. The summed E-state index contributed by atoms with van der Waals surface area (Å²) in [5.41, 5.74) is 3.96. The Balaban J connectivity index is 1.28. The molecule has 0 spiro atoms. The van der Waals surface area contributed by atoms with Crippen LogP contribution < -0.4 is 20.3 Å². The Bertz CT molecular complexity index is 1070. The van der Waals surface area contributed by atoms with Gasteiger partial charge in [0.25, 0.3) is 0 Å². The van der Waals surface area contributed by atoms with Gasteiger partial charge in [-0.1, -0.05) is 12.1 Å². The van der Waals surface area contributed by atoms with Crippen LogP contribution in [-0.4, -0.2) is 42.3 Å². The Morgan fingerprint density at radius 2 is 1.75 bits per heavy atom. The van der Waals surface area contributed by atoms with Gasteiger partial charge in [-0.25, -0.2) is 4.68 Å². The fourth-order valence-corrected chi connectivity index (χ4v) is 3.63. The van der Waals surface area contributed by atoms with E-state index in [1.165, 1.54) is 0 Å². The number of benzene rings is 2. The summed E-state index contributed by atoms with van der Waals surface area (Å²) in [6.45, 7) is 1.99. The molecule has 1 aromatic heterocycles. The second kappa shape index (κ2) is 10.00. The monoisotopic (exact) mass is 432 g/mol. The van der Waals surface area contributed by atoms with Crippen LogP contribution in [0.1, 0.15) is 24.1 Å². The Morgan fingerprint density at radius 1 is 1.03 bits per heavy atom. The van der Waals surface area contributed by atoms with Crippen LogP contribution in [0.3, 0.4) is 0 Å². The highest BCUT2D eigenvalue weighted by Gasteiger charge is 2.21. The molecule has 3 aromatic rings. The molecule has 8 heteroatoms. The first kappa shape index (κ1) is 21.4. The number of nitrogens with zero attached hydrogens (tertiary/aromatic N) is 4. The molecule has 0 radical (unpaired) electrons. The summed E-state index contributed by atoms with van der Waals surface area (Å²) in [6, 6.07) is 17.8. The van der Waals surface area contributed by atoms with Gasteiger partial charge in [0, 0.05) is 38.4 Å². The van der Waals surface area contributed by atoms with Gasteiger partial charge in [-0.3, -0.25) is 9.79 Å². The van der Waals surface area contributed by atoms with E-state index < -0.39 is 0 Å². The minimum atomic E-state index is 0.204. The number of ether oxygens (including phenoxy) is 1. The molecule has 1 amide bonds. The van der Waals surface area contributed by atoms with Crippen LogP contribution in [0.15, 0.2) is 65.8 Å². The van der Waals surface area contributed by atoms with Crippen molar-refractivity contribution in [2.75, 3.05) is 25.6 Å². The van der Waals surface area contributed by atoms with E-state index in [-0.39, 0.29) is 5.91 Å². The number of methoxy groups -OCH3 is 1. The number of hydrogen-bond donors (Lipinski definition) is 2. The van der Waals surface area contributed by atoms with Gasteiger partial charge >= 0.3 is 0 Å². The molecule has 1 fully saturated rings. The van der Waals surface area contributed by atoms with E-state index >= 15 is 0 Å². The van der Waals surface area contributed by atoms with Gasteiger partial charge in [0.2, 0.25) is 5.91 Å². The SMILES string of the molecule is CN=C(NCc1ccc(N2CCCC2=O)cc1)NCc1ccn(-c2ccc(OC)cc2)n1. The molecule has 0 atom stereocenters. The first-order chi connectivity index (χ1) is 15.7. The molecule has 1 saturated heterocycles. The summed E-state index contributed by atoms with van der Waals surface area (Å²) >= 11 is 0. The van der Waals surface area contributed by atoms with E-state index in [4.69, 9.17) is 4.74 Å². The van der Waals surface area contributed by atoms with Crippen molar-refractivity contribution in [2.45, 2.75) is 25.9 Å². The molecule has 2 heterocycles. The number of nitrogens with one attached hydrogen (secondary N) is 2. The molecule has 2 aromatic carbocycles. The van der Waals surface area contributed by atoms with E-state index in [1.807, 2.05) is 70.4 Å². The van der Waals surface area contributed by atoms with Gasteiger partial charge in [-0.2, -0.15) is 5.10 Å². The van der Waals surface area contributed by atoms with Crippen LogP contribution in [-0.2, 0) is 17.9 Å². The Hall–Kier alpha value is -3.81. The van der Waals surface area contributed by atoms with Gasteiger partial charge < -0.3 is 20.3 Å². The van der Waals surface area contributed by atoms with E-state index in [0.717, 1.165) is 41.3 Å². The summed E-state index contributed by atoms with van der Waals surface area (Å²) in [4.78, 5) is 18.0. The lowest BCUT2D eigenvalue weighted by molar-refractivity contribution is -0.117. The van der Waals surface area contributed by atoms with E-state index in [1.54, 1.807) is 14.2 Å². The van der Waals surface area contributed by atoms with Crippen LogP contribution in [0, 0.1) is 0 Å². The predicted octanol–water partition coefficient (Wildman–Crippen LogP) is 2.87. The number of aromatic nitrogens is 2. The summed E-state index contributed by atoms with van der Waals surface area (Å²) in [5, 5.41) is 11.2. The number of carbonyl (C=O) groups is 1. The maximum absolute atomic E-state index is 11.9. The maximum atomic E-state index is 11.9. The highest BCUT2D eigenvalue weighted by Crippen LogP contribution is 2.21. The van der Waals surface area contributed by atoms with Crippen LogP contribution in [0.2, 0.25) is 0 Å². The van der Waals surface area contributed by atoms with Gasteiger partial charge in [-0.05, 0) is 54.4 Å². The van der Waals surface area contributed by atoms with Crippen LogP contribution in [0.5, 0.6) is 5.75 Å². The Kier molecular flexibility index (Phi) is 6.69. The second-order valence-corrected chi connectivity index (χ2v) is 7.54. The molecule has 0 bridgehead atoms. The van der Waals surface area contributed by atoms with Crippen molar-refractivity contribution in [3.8, 4) is 11.4 Å². The molecule has 0 unspecified atom stereocenters. The zero-order valence-corrected chi connectivity index (χ0v) is 18.4. The number of amides is 1. The molecule has 2 N–H and O–H groups in total. The summed E-state index contributed by atoms with van der Waals surface area (Å²) in [5.74, 6) is 1.72. The molecular formula is C24H28N6O2. The summed E-state index contributed by atoms with van der Waals surface area (Å²) in [7, 11) is 3.40. The number of anilines is 1.